The maximum absolute atomic E-state index is 11.3. The smallest absolute Gasteiger partial charge is 0.239 e. The first kappa shape index (κ1) is 13.5. The first-order valence-electron chi connectivity index (χ1n) is 4.94. The summed E-state index contributed by atoms with van der Waals surface area (Å²) in [5.41, 5.74) is 14.2. The Morgan fingerprint density at radius 2 is 2.41 bits per heavy atom. The lowest BCUT2D eigenvalue weighted by atomic mass is 10.1. The lowest BCUT2D eigenvalue weighted by molar-refractivity contribution is -0.120. The van der Waals surface area contributed by atoms with Crippen LogP contribution in [0.1, 0.15) is 11.6 Å². The summed E-state index contributed by atoms with van der Waals surface area (Å²) in [5, 5.41) is 6.31. The Morgan fingerprint density at radius 3 is 3.00 bits per heavy atom. The number of hydrogen-bond donors (Lipinski definition) is 2. The van der Waals surface area contributed by atoms with Crippen LogP contribution in [0.5, 0.6) is 0 Å². The third-order valence-corrected chi connectivity index (χ3v) is 2.58. The number of carbonyl (C=O) groups excluding carboxylic acids is 1. The first-order chi connectivity index (χ1) is 8.15. The molecule has 1 aromatic carbocycles. The van der Waals surface area contributed by atoms with Crippen molar-refractivity contribution in [2.45, 2.75) is 6.04 Å². The molecule has 0 heterocycles. The molecule has 0 aliphatic heterocycles. The van der Waals surface area contributed by atoms with Crippen molar-refractivity contribution in [1.82, 2.24) is 5.32 Å². The van der Waals surface area contributed by atoms with Crippen molar-refractivity contribution in [3.05, 3.63) is 44.7 Å². The maximum Gasteiger partial charge on any atom is 0.239 e. The number of amides is 1. The number of primary amides is 1. The molecule has 17 heavy (non-hydrogen) atoms. The van der Waals surface area contributed by atoms with Crippen molar-refractivity contribution in [2.24, 2.45) is 10.8 Å². The highest BCUT2D eigenvalue weighted by Gasteiger charge is 2.16. The molecule has 3 N–H and O–H groups in total. The van der Waals surface area contributed by atoms with Crippen molar-refractivity contribution < 1.29 is 4.79 Å². The predicted molar refractivity (Wildman–Crippen MR) is 68.1 cm³/mol. The number of hydrogen-bond acceptors (Lipinski definition) is 3. The summed E-state index contributed by atoms with van der Waals surface area (Å²) in [6.45, 7) is 0.665. The Morgan fingerprint density at radius 1 is 1.65 bits per heavy atom. The predicted octanol–water partition coefficient (Wildman–Crippen LogP) is 1.88. The Balaban J connectivity index is 2.72. The molecule has 90 valence electrons. The molecule has 0 radical (unpaired) electrons. The summed E-state index contributed by atoms with van der Waals surface area (Å²) in [6.07, 6.45) is 0. The molecular weight excluding hydrogens is 286 g/mol. The largest absolute Gasteiger partial charge is 0.368 e. The molecule has 0 fully saturated rings. The van der Waals surface area contributed by atoms with E-state index >= 15 is 0 Å². The van der Waals surface area contributed by atoms with Crippen LogP contribution in [0.3, 0.4) is 0 Å². The van der Waals surface area contributed by atoms with Gasteiger partial charge in [-0.15, -0.1) is 0 Å². The highest BCUT2D eigenvalue weighted by Crippen LogP contribution is 2.17. The summed E-state index contributed by atoms with van der Waals surface area (Å²) < 4.78 is 0.873. The van der Waals surface area contributed by atoms with Crippen LogP contribution in [-0.4, -0.2) is 19.0 Å². The van der Waals surface area contributed by atoms with E-state index in [9.17, 15) is 4.79 Å². The van der Waals surface area contributed by atoms with Gasteiger partial charge in [0.1, 0.15) is 6.04 Å². The maximum atomic E-state index is 11.3. The van der Waals surface area contributed by atoms with E-state index in [-0.39, 0.29) is 6.54 Å². The normalized spacial score (nSPS) is 11.6. The second-order valence-electron chi connectivity index (χ2n) is 3.30. The SMILES string of the molecule is [N-]=[N+]=NCCNC(C(N)=O)c1cccc(Br)c1. The van der Waals surface area contributed by atoms with E-state index in [0.717, 1.165) is 10.0 Å². The minimum Gasteiger partial charge on any atom is -0.368 e. The molecule has 1 rings (SSSR count). The van der Waals surface area contributed by atoms with Gasteiger partial charge in [-0.25, -0.2) is 0 Å². The third-order valence-electron chi connectivity index (χ3n) is 2.09. The van der Waals surface area contributed by atoms with E-state index < -0.39 is 11.9 Å². The summed E-state index contributed by atoms with van der Waals surface area (Å²) in [5.74, 6) is -0.468. The molecule has 1 amide bonds. The second-order valence-corrected chi connectivity index (χ2v) is 4.21. The molecule has 0 spiro atoms. The Labute approximate surface area is 107 Å². The molecule has 1 atom stereocenters. The molecule has 0 aliphatic carbocycles. The second kappa shape index (κ2) is 6.90. The first-order valence-corrected chi connectivity index (χ1v) is 5.73. The van der Waals surface area contributed by atoms with Crippen LogP contribution in [0.15, 0.2) is 33.9 Å². The molecule has 0 aromatic heterocycles. The zero-order valence-corrected chi connectivity index (χ0v) is 10.6. The van der Waals surface area contributed by atoms with Crippen molar-refractivity contribution in [2.75, 3.05) is 13.1 Å². The number of benzene rings is 1. The van der Waals surface area contributed by atoms with Gasteiger partial charge in [0.2, 0.25) is 5.91 Å². The molecular formula is C10H12BrN5O. The van der Waals surface area contributed by atoms with Gasteiger partial charge in [0, 0.05) is 22.5 Å². The average Bonchev–Trinajstić information content (AvgIpc) is 2.28. The number of azide groups is 1. The molecule has 1 aromatic rings. The summed E-state index contributed by atoms with van der Waals surface area (Å²) >= 11 is 3.33. The summed E-state index contributed by atoms with van der Waals surface area (Å²) in [6, 6.07) is 6.73. The Bertz CT molecular complexity index is 444. The Kier molecular flexibility index (Phi) is 5.48. The molecule has 0 bridgehead atoms. The zero-order valence-electron chi connectivity index (χ0n) is 9.01. The molecule has 7 heteroatoms. The van der Waals surface area contributed by atoms with Gasteiger partial charge in [-0.3, -0.25) is 4.79 Å². The van der Waals surface area contributed by atoms with Crippen molar-refractivity contribution >= 4 is 21.8 Å². The lowest BCUT2D eigenvalue weighted by Gasteiger charge is -2.15. The molecule has 0 aliphatic rings. The van der Waals surface area contributed by atoms with Gasteiger partial charge in [-0.1, -0.05) is 33.2 Å². The molecule has 0 saturated heterocycles. The van der Waals surface area contributed by atoms with Gasteiger partial charge in [-0.05, 0) is 23.2 Å². The number of carbonyl (C=O) groups is 1. The molecule has 6 nitrogen and oxygen atoms in total. The van der Waals surface area contributed by atoms with Crippen LogP contribution in [0.4, 0.5) is 0 Å². The minimum atomic E-state index is -0.582. The van der Waals surface area contributed by atoms with Crippen LogP contribution in [0, 0.1) is 0 Å². The van der Waals surface area contributed by atoms with Crippen molar-refractivity contribution in [3.63, 3.8) is 0 Å². The fraction of sp³-hybridized carbons (Fsp3) is 0.300. The van der Waals surface area contributed by atoms with Gasteiger partial charge < -0.3 is 11.1 Å². The standard InChI is InChI=1S/C10H12BrN5O/c11-8-3-1-2-7(6-8)9(10(12)17)14-4-5-15-16-13/h1-3,6,9,14H,4-5H2,(H2,12,17). The average molecular weight is 298 g/mol. The fourth-order valence-corrected chi connectivity index (χ4v) is 1.79. The van der Waals surface area contributed by atoms with E-state index in [1.807, 2.05) is 18.2 Å². The van der Waals surface area contributed by atoms with Crippen LogP contribution in [-0.2, 0) is 4.79 Å². The third kappa shape index (κ3) is 4.44. The number of nitrogens with zero attached hydrogens (tertiary/aromatic N) is 3. The number of halogens is 1. The fourth-order valence-electron chi connectivity index (χ4n) is 1.37. The van der Waals surface area contributed by atoms with Crippen LogP contribution in [0.25, 0.3) is 10.4 Å². The van der Waals surface area contributed by atoms with Crippen LogP contribution < -0.4 is 11.1 Å². The van der Waals surface area contributed by atoms with Crippen molar-refractivity contribution in [1.29, 1.82) is 0 Å². The van der Waals surface area contributed by atoms with Crippen LogP contribution >= 0.6 is 15.9 Å². The number of nitrogens with two attached hydrogens (primary N) is 1. The van der Waals surface area contributed by atoms with E-state index in [1.165, 1.54) is 0 Å². The highest BCUT2D eigenvalue weighted by atomic mass is 79.9. The lowest BCUT2D eigenvalue weighted by Crippen LogP contribution is -2.34. The van der Waals surface area contributed by atoms with Gasteiger partial charge in [0.15, 0.2) is 0 Å². The summed E-state index contributed by atoms with van der Waals surface area (Å²) in [4.78, 5) is 13.9. The zero-order chi connectivity index (χ0) is 12.7. The topological polar surface area (TPSA) is 104 Å². The molecule has 1 unspecified atom stereocenters. The van der Waals surface area contributed by atoms with Crippen molar-refractivity contribution in [3.8, 4) is 0 Å². The minimum absolute atomic E-state index is 0.272. The van der Waals surface area contributed by atoms with Gasteiger partial charge in [0.05, 0.1) is 0 Å². The quantitative estimate of drug-likeness (QED) is 0.362. The van der Waals surface area contributed by atoms with E-state index in [0.29, 0.717) is 6.54 Å². The van der Waals surface area contributed by atoms with E-state index in [1.54, 1.807) is 6.07 Å². The van der Waals surface area contributed by atoms with Gasteiger partial charge in [0.25, 0.3) is 0 Å². The number of nitrogens with one attached hydrogen (secondary N) is 1. The Hall–Kier alpha value is -1.56. The van der Waals surface area contributed by atoms with Gasteiger partial charge >= 0.3 is 0 Å². The van der Waals surface area contributed by atoms with Gasteiger partial charge in [-0.2, -0.15) is 0 Å². The van der Waals surface area contributed by atoms with E-state index in [4.69, 9.17) is 11.3 Å². The number of rotatable bonds is 6. The van der Waals surface area contributed by atoms with Crippen LogP contribution in [0.2, 0.25) is 0 Å². The van der Waals surface area contributed by atoms with E-state index in [2.05, 4.69) is 31.3 Å². The summed E-state index contributed by atoms with van der Waals surface area (Å²) in [7, 11) is 0. The monoisotopic (exact) mass is 297 g/mol. The molecule has 0 saturated carbocycles. The highest BCUT2D eigenvalue weighted by molar-refractivity contribution is 9.10.